The van der Waals surface area contributed by atoms with Crippen LogP contribution in [-0.4, -0.2) is 34.6 Å². The molecular formula is C16H22N2O3. The molecule has 0 saturated heterocycles. The van der Waals surface area contributed by atoms with Crippen LogP contribution in [0.5, 0.6) is 0 Å². The van der Waals surface area contributed by atoms with Crippen molar-refractivity contribution < 1.29 is 14.7 Å². The van der Waals surface area contributed by atoms with Crippen LogP contribution in [-0.2, 0) is 0 Å². The Labute approximate surface area is 125 Å². The van der Waals surface area contributed by atoms with E-state index in [1.807, 2.05) is 11.8 Å². The molecule has 1 saturated carbocycles. The zero-order valence-corrected chi connectivity index (χ0v) is 12.3. The molecule has 2 N–H and O–H groups in total. The van der Waals surface area contributed by atoms with Gasteiger partial charge in [0.25, 0.3) is 0 Å². The molecule has 1 aliphatic carbocycles. The topological polar surface area (TPSA) is 69.6 Å². The molecule has 0 unspecified atom stereocenters. The first kappa shape index (κ1) is 15.4. The standard InChI is InChI=1S/C16H22N2O3/c1-2-18(14-9-4-3-5-10-14)16(21)17-13-8-6-7-12(11-13)15(19)20/h6-8,11,14H,2-5,9-10H2,1H3,(H,17,21)(H,19,20). The summed E-state index contributed by atoms with van der Waals surface area (Å²) in [6.45, 7) is 2.64. The third-order valence-corrected chi connectivity index (χ3v) is 3.98. The van der Waals surface area contributed by atoms with E-state index in [1.54, 1.807) is 12.1 Å². The van der Waals surface area contributed by atoms with Crippen LogP contribution in [0.1, 0.15) is 49.4 Å². The van der Waals surface area contributed by atoms with Crippen LogP contribution in [0.15, 0.2) is 24.3 Å². The lowest BCUT2D eigenvalue weighted by Crippen LogP contribution is -2.43. The highest BCUT2D eigenvalue weighted by atomic mass is 16.4. The first-order valence-corrected chi connectivity index (χ1v) is 7.52. The molecule has 0 heterocycles. The minimum atomic E-state index is -0.995. The smallest absolute Gasteiger partial charge is 0.335 e. The molecule has 0 spiro atoms. The van der Waals surface area contributed by atoms with Gasteiger partial charge >= 0.3 is 12.0 Å². The van der Waals surface area contributed by atoms with E-state index in [0.29, 0.717) is 18.3 Å². The molecule has 0 bridgehead atoms. The molecule has 0 radical (unpaired) electrons. The van der Waals surface area contributed by atoms with Crippen molar-refractivity contribution in [2.45, 2.75) is 45.1 Å². The van der Waals surface area contributed by atoms with E-state index in [4.69, 9.17) is 5.11 Å². The Morgan fingerprint density at radius 1 is 1.29 bits per heavy atom. The van der Waals surface area contributed by atoms with Crippen LogP contribution in [0.2, 0.25) is 0 Å². The molecule has 2 rings (SSSR count). The number of nitrogens with zero attached hydrogens (tertiary/aromatic N) is 1. The van der Waals surface area contributed by atoms with Gasteiger partial charge < -0.3 is 15.3 Å². The van der Waals surface area contributed by atoms with E-state index >= 15 is 0 Å². The summed E-state index contributed by atoms with van der Waals surface area (Å²) >= 11 is 0. The maximum absolute atomic E-state index is 12.4. The van der Waals surface area contributed by atoms with Crippen molar-refractivity contribution in [3.8, 4) is 0 Å². The van der Waals surface area contributed by atoms with Crippen molar-refractivity contribution in [3.05, 3.63) is 29.8 Å². The Hall–Kier alpha value is -2.04. The van der Waals surface area contributed by atoms with Crippen molar-refractivity contribution in [2.24, 2.45) is 0 Å². The van der Waals surface area contributed by atoms with Crippen molar-refractivity contribution in [3.63, 3.8) is 0 Å². The Bertz CT molecular complexity index is 510. The highest BCUT2D eigenvalue weighted by Gasteiger charge is 2.24. The number of carboxylic acid groups (broad SMARTS) is 1. The Balaban J connectivity index is 2.04. The number of rotatable bonds is 4. The number of anilines is 1. The van der Waals surface area contributed by atoms with Crippen LogP contribution in [0.3, 0.4) is 0 Å². The van der Waals surface area contributed by atoms with Crippen molar-refractivity contribution in [1.29, 1.82) is 0 Å². The third kappa shape index (κ3) is 3.97. The normalized spacial score (nSPS) is 15.5. The number of carboxylic acids is 1. The largest absolute Gasteiger partial charge is 0.478 e. The quantitative estimate of drug-likeness (QED) is 0.890. The van der Waals surface area contributed by atoms with Gasteiger partial charge in [0, 0.05) is 18.3 Å². The summed E-state index contributed by atoms with van der Waals surface area (Å²) in [6.07, 6.45) is 5.69. The van der Waals surface area contributed by atoms with Crippen molar-refractivity contribution in [1.82, 2.24) is 4.90 Å². The minimum absolute atomic E-state index is 0.146. The van der Waals surface area contributed by atoms with Gasteiger partial charge in [-0.1, -0.05) is 25.3 Å². The second kappa shape index (κ2) is 7.11. The number of carbonyl (C=O) groups excluding carboxylic acids is 1. The van der Waals surface area contributed by atoms with Gasteiger partial charge in [-0.05, 0) is 38.0 Å². The summed E-state index contributed by atoms with van der Waals surface area (Å²) in [5.74, 6) is -0.995. The fraction of sp³-hybridized carbons (Fsp3) is 0.500. The molecule has 0 atom stereocenters. The zero-order valence-electron chi connectivity index (χ0n) is 12.3. The Morgan fingerprint density at radius 3 is 2.62 bits per heavy atom. The Morgan fingerprint density at radius 2 is 2.00 bits per heavy atom. The van der Waals surface area contributed by atoms with Gasteiger partial charge in [0.15, 0.2) is 0 Å². The maximum Gasteiger partial charge on any atom is 0.335 e. The van der Waals surface area contributed by atoms with Crippen LogP contribution in [0.4, 0.5) is 10.5 Å². The number of benzene rings is 1. The molecule has 1 aromatic rings. The molecule has 1 fully saturated rings. The van der Waals surface area contributed by atoms with E-state index < -0.39 is 5.97 Å². The van der Waals surface area contributed by atoms with Crippen molar-refractivity contribution in [2.75, 3.05) is 11.9 Å². The molecule has 21 heavy (non-hydrogen) atoms. The highest BCUT2D eigenvalue weighted by molar-refractivity contribution is 5.93. The van der Waals surface area contributed by atoms with Gasteiger partial charge in [-0.2, -0.15) is 0 Å². The second-order valence-electron chi connectivity index (χ2n) is 5.39. The van der Waals surface area contributed by atoms with E-state index in [0.717, 1.165) is 12.8 Å². The number of hydrogen-bond donors (Lipinski definition) is 2. The molecular weight excluding hydrogens is 268 g/mol. The van der Waals surface area contributed by atoms with Gasteiger partial charge in [-0.15, -0.1) is 0 Å². The average molecular weight is 290 g/mol. The summed E-state index contributed by atoms with van der Waals surface area (Å²) in [7, 11) is 0. The molecule has 5 heteroatoms. The molecule has 1 aromatic carbocycles. The molecule has 1 aliphatic rings. The summed E-state index contributed by atoms with van der Waals surface area (Å²) in [5, 5.41) is 11.8. The van der Waals surface area contributed by atoms with Crippen molar-refractivity contribution >= 4 is 17.7 Å². The molecule has 2 amide bonds. The lowest BCUT2D eigenvalue weighted by molar-refractivity contribution is 0.0697. The first-order chi connectivity index (χ1) is 10.1. The lowest BCUT2D eigenvalue weighted by Gasteiger charge is -2.33. The SMILES string of the molecule is CCN(C(=O)Nc1cccc(C(=O)O)c1)C1CCCCC1. The van der Waals surface area contributed by atoms with Gasteiger partial charge in [0.1, 0.15) is 0 Å². The number of nitrogens with one attached hydrogen (secondary N) is 1. The molecule has 0 aliphatic heterocycles. The summed E-state index contributed by atoms with van der Waals surface area (Å²) in [6, 6.07) is 6.49. The average Bonchev–Trinajstić information content (AvgIpc) is 2.49. The summed E-state index contributed by atoms with van der Waals surface area (Å²) < 4.78 is 0. The summed E-state index contributed by atoms with van der Waals surface area (Å²) in [4.78, 5) is 25.2. The van der Waals surface area contributed by atoms with Crippen LogP contribution < -0.4 is 5.32 Å². The van der Waals surface area contributed by atoms with Gasteiger partial charge in [0.2, 0.25) is 0 Å². The molecule has 114 valence electrons. The molecule has 5 nitrogen and oxygen atoms in total. The van der Waals surface area contributed by atoms with Gasteiger partial charge in [0.05, 0.1) is 5.56 Å². The number of carbonyl (C=O) groups is 2. The number of hydrogen-bond acceptors (Lipinski definition) is 2. The van der Waals surface area contributed by atoms with Crippen LogP contribution in [0, 0.1) is 0 Å². The second-order valence-corrected chi connectivity index (χ2v) is 5.39. The zero-order chi connectivity index (χ0) is 15.2. The number of urea groups is 1. The molecule has 0 aromatic heterocycles. The van der Waals surface area contributed by atoms with Gasteiger partial charge in [-0.3, -0.25) is 0 Å². The van der Waals surface area contributed by atoms with Crippen LogP contribution >= 0.6 is 0 Å². The number of aromatic carboxylic acids is 1. The highest BCUT2D eigenvalue weighted by Crippen LogP contribution is 2.23. The lowest BCUT2D eigenvalue weighted by atomic mass is 9.94. The van der Waals surface area contributed by atoms with E-state index in [9.17, 15) is 9.59 Å². The minimum Gasteiger partial charge on any atom is -0.478 e. The first-order valence-electron chi connectivity index (χ1n) is 7.52. The fourth-order valence-corrected chi connectivity index (χ4v) is 2.89. The van der Waals surface area contributed by atoms with Crippen LogP contribution in [0.25, 0.3) is 0 Å². The number of amides is 2. The fourth-order valence-electron chi connectivity index (χ4n) is 2.89. The monoisotopic (exact) mass is 290 g/mol. The summed E-state index contributed by atoms with van der Waals surface area (Å²) in [5.41, 5.74) is 0.697. The third-order valence-electron chi connectivity index (χ3n) is 3.98. The predicted molar refractivity (Wildman–Crippen MR) is 81.7 cm³/mol. The Kier molecular flexibility index (Phi) is 5.20. The predicted octanol–water partition coefficient (Wildman–Crippen LogP) is 3.57. The van der Waals surface area contributed by atoms with E-state index in [1.165, 1.54) is 31.4 Å². The van der Waals surface area contributed by atoms with E-state index in [-0.39, 0.29) is 11.6 Å². The maximum atomic E-state index is 12.4. The van der Waals surface area contributed by atoms with Gasteiger partial charge in [-0.25, -0.2) is 9.59 Å². The van der Waals surface area contributed by atoms with E-state index in [2.05, 4.69) is 5.32 Å².